The summed E-state index contributed by atoms with van der Waals surface area (Å²) in [4.78, 5) is 7.37. The molecule has 0 bridgehead atoms. The van der Waals surface area contributed by atoms with E-state index in [0.29, 0.717) is 0 Å². The number of aliphatic carboxylic acids is 1. The number of carboxylic acids is 1. The van der Waals surface area contributed by atoms with Crippen molar-refractivity contribution < 1.29 is 36.2 Å². The molecule has 2 nitrogen and oxygen atoms in total. The Morgan fingerprint density at radius 3 is 1.79 bits per heavy atom. The van der Waals surface area contributed by atoms with Crippen LogP contribution in [0.15, 0.2) is 0 Å². The molecule has 0 saturated carbocycles. The van der Waals surface area contributed by atoms with Gasteiger partial charge in [-0.05, 0) is 0 Å². The summed E-state index contributed by atoms with van der Waals surface area (Å²) in [5, 5.41) is 7.86. The molecule has 0 aliphatic carbocycles. The highest BCUT2D eigenvalue weighted by Crippen LogP contribution is 2.40. The normalized spacial score (nSPS) is 13.1. The van der Waals surface area contributed by atoms with Crippen LogP contribution in [0.4, 0.5) is 26.3 Å². The third-order valence-corrected chi connectivity index (χ3v) is 1.60. The Morgan fingerprint density at radius 1 is 1.21 bits per heavy atom. The molecule has 9 heteroatoms. The Kier molecular flexibility index (Phi) is 3.49. The first-order valence-electron chi connectivity index (χ1n) is 2.86. The van der Waals surface area contributed by atoms with Crippen molar-refractivity contribution in [2.24, 2.45) is 0 Å². The topological polar surface area (TPSA) is 37.3 Å². The van der Waals surface area contributed by atoms with Gasteiger partial charge in [-0.15, -0.1) is 0 Å². The molecule has 0 heterocycles. The van der Waals surface area contributed by atoms with Crippen LogP contribution in [0.5, 0.6) is 0 Å². The van der Waals surface area contributed by atoms with E-state index in [1.54, 1.807) is 0 Å². The predicted molar refractivity (Wildman–Crippen MR) is 36.1 cm³/mol. The van der Waals surface area contributed by atoms with Gasteiger partial charge in [0.15, 0.2) is 4.86 Å². The average molecular weight is 240 g/mol. The van der Waals surface area contributed by atoms with Gasteiger partial charge in [0.2, 0.25) is 0 Å². The molecule has 0 aromatic rings. The monoisotopic (exact) mass is 240 g/mol. The zero-order valence-electron chi connectivity index (χ0n) is 6.11. The maximum Gasteiger partial charge on any atom is 0.374 e. The number of hydrogen-bond donors (Lipinski definition) is 1. The summed E-state index contributed by atoms with van der Waals surface area (Å²) < 4.78 is 71.8. The van der Waals surface area contributed by atoms with E-state index in [-0.39, 0.29) is 0 Å². The Bertz CT molecular complexity index is 263. The Hall–Kier alpha value is -0.860. The molecular formula is C5H2F6O2S. The van der Waals surface area contributed by atoms with Crippen LogP contribution in [0, 0.1) is 0 Å². The van der Waals surface area contributed by atoms with Crippen LogP contribution < -0.4 is 0 Å². The summed E-state index contributed by atoms with van der Waals surface area (Å²) >= 11 is 3.42. The van der Waals surface area contributed by atoms with E-state index in [9.17, 15) is 31.1 Å². The molecule has 0 amide bonds. The lowest BCUT2D eigenvalue weighted by molar-refractivity contribution is -0.232. The molecule has 0 atom stereocenters. The molecule has 0 unspecified atom stereocenters. The number of carboxylic acid groups (broad SMARTS) is 1. The molecular weight excluding hydrogens is 238 g/mol. The quantitative estimate of drug-likeness (QED) is 0.603. The zero-order chi connectivity index (χ0) is 11.7. The Balaban J connectivity index is 5.14. The second-order valence-corrected chi connectivity index (χ2v) is 2.54. The lowest BCUT2D eigenvalue weighted by Crippen LogP contribution is -2.53. The first-order chi connectivity index (χ1) is 6.05. The molecule has 14 heavy (non-hydrogen) atoms. The molecule has 82 valence electrons. The van der Waals surface area contributed by atoms with Crippen molar-refractivity contribution >= 4 is 23.1 Å². The minimum Gasteiger partial charge on any atom is -0.477 e. The second-order valence-electron chi connectivity index (χ2n) is 2.13. The largest absolute Gasteiger partial charge is 0.477 e. The molecule has 0 radical (unpaired) electrons. The molecule has 0 fully saturated rings. The zero-order valence-corrected chi connectivity index (χ0v) is 6.93. The fourth-order valence-corrected chi connectivity index (χ4v) is 0.559. The van der Waals surface area contributed by atoms with Gasteiger partial charge in [0.1, 0.15) is 0 Å². The molecule has 0 aliphatic heterocycles. The van der Waals surface area contributed by atoms with Crippen molar-refractivity contribution in [2.75, 3.05) is 0 Å². The average Bonchev–Trinajstić information content (AvgIpc) is 2.01. The van der Waals surface area contributed by atoms with E-state index in [4.69, 9.17) is 5.11 Å². The van der Waals surface area contributed by atoms with E-state index < -0.39 is 29.1 Å². The lowest BCUT2D eigenvalue weighted by Gasteiger charge is -2.24. The molecule has 0 saturated heterocycles. The fraction of sp³-hybridized carbons (Fsp3) is 0.600. The summed E-state index contributed by atoms with van der Waals surface area (Å²) in [7, 11) is 0. The van der Waals surface area contributed by atoms with Gasteiger partial charge in [-0.3, -0.25) is 0 Å². The van der Waals surface area contributed by atoms with Crippen LogP contribution in [-0.4, -0.2) is 34.2 Å². The minimum atomic E-state index is -5.79. The van der Waals surface area contributed by atoms with Crippen molar-refractivity contribution in [1.29, 1.82) is 0 Å². The van der Waals surface area contributed by atoms with Gasteiger partial charge < -0.3 is 5.11 Å². The third kappa shape index (κ3) is 1.97. The van der Waals surface area contributed by atoms with Crippen molar-refractivity contribution in [1.82, 2.24) is 0 Å². The lowest BCUT2D eigenvalue weighted by atomic mass is 10.1. The smallest absolute Gasteiger partial charge is 0.374 e. The van der Waals surface area contributed by atoms with Gasteiger partial charge in [0, 0.05) is 0 Å². The predicted octanol–water partition coefficient (Wildman–Crippen LogP) is 1.98. The maximum atomic E-state index is 12.3. The third-order valence-electron chi connectivity index (χ3n) is 1.17. The second kappa shape index (κ2) is 3.71. The standard InChI is InChI=1S/C5H2F6O2S/c6-3(7)5(10,11)4(8,9)1(14)2(12)13/h3H,(H,12,13). The Morgan fingerprint density at radius 2 is 1.57 bits per heavy atom. The first kappa shape index (κ1) is 13.1. The highest BCUT2D eigenvalue weighted by atomic mass is 32.1. The number of alkyl halides is 6. The van der Waals surface area contributed by atoms with Crippen LogP contribution in [0.2, 0.25) is 0 Å². The molecule has 0 spiro atoms. The van der Waals surface area contributed by atoms with Crippen LogP contribution >= 0.6 is 12.2 Å². The summed E-state index contributed by atoms with van der Waals surface area (Å²) in [5.74, 6) is -13.9. The number of rotatable bonds is 4. The number of halogens is 6. The van der Waals surface area contributed by atoms with E-state index in [1.165, 1.54) is 0 Å². The van der Waals surface area contributed by atoms with E-state index in [2.05, 4.69) is 12.2 Å². The highest BCUT2D eigenvalue weighted by molar-refractivity contribution is 7.82. The molecule has 0 aromatic heterocycles. The summed E-state index contributed by atoms with van der Waals surface area (Å²) in [6.07, 6.45) is -4.70. The van der Waals surface area contributed by atoms with Crippen LogP contribution in [-0.2, 0) is 4.79 Å². The molecule has 1 N–H and O–H groups in total. The summed E-state index contributed by atoms with van der Waals surface area (Å²) in [6.45, 7) is 0. The van der Waals surface area contributed by atoms with Crippen LogP contribution in [0.25, 0.3) is 0 Å². The van der Waals surface area contributed by atoms with Crippen molar-refractivity contribution in [3.05, 3.63) is 0 Å². The molecule has 0 rings (SSSR count). The maximum absolute atomic E-state index is 12.3. The van der Waals surface area contributed by atoms with Gasteiger partial charge in [-0.1, -0.05) is 12.2 Å². The van der Waals surface area contributed by atoms with E-state index in [0.717, 1.165) is 0 Å². The van der Waals surface area contributed by atoms with Crippen LogP contribution in [0.1, 0.15) is 0 Å². The molecule has 0 aromatic carbocycles. The van der Waals surface area contributed by atoms with Gasteiger partial charge in [0.25, 0.3) is 0 Å². The van der Waals surface area contributed by atoms with Gasteiger partial charge >= 0.3 is 24.2 Å². The number of hydrogen-bond acceptors (Lipinski definition) is 2. The van der Waals surface area contributed by atoms with E-state index >= 15 is 0 Å². The van der Waals surface area contributed by atoms with Gasteiger partial charge in [-0.25, -0.2) is 13.6 Å². The highest BCUT2D eigenvalue weighted by Gasteiger charge is 2.66. The van der Waals surface area contributed by atoms with Crippen LogP contribution in [0.3, 0.4) is 0 Å². The SMILES string of the molecule is O=C(O)C(=S)C(F)(F)C(F)(F)C(F)F. The number of thiocarbonyl (C=S) groups is 1. The first-order valence-corrected chi connectivity index (χ1v) is 3.27. The fourth-order valence-electron chi connectivity index (χ4n) is 0.423. The minimum absolute atomic E-state index is 2.44. The number of carbonyl (C=O) groups is 1. The van der Waals surface area contributed by atoms with Crippen molar-refractivity contribution in [3.8, 4) is 0 Å². The van der Waals surface area contributed by atoms with Gasteiger partial charge in [0.05, 0.1) is 0 Å². The van der Waals surface area contributed by atoms with Gasteiger partial charge in [-0.2, -0.15) is 17.6 Å². The van der Waals surface area contributed by atoms with E-state index in [1.807, 2.05) is 0 Å². The van der Waals surface area contributed by atoms with Crippen molar-refractivity contribution in [2.45, 2.75) is 18.3 Å². The summed E-state index contributed by atoms with van der Waals surface area (Å²) in [6, 6.07) is 0. The summed E-state index contributed by atoms with van der Waals surface area (Å²) in [5.41, 5.74) is 0. The molecule has 0 aliphatic rings. The Labute approximate surface area is 78.5 Å². The van der Waals surface area contributed by atoms with Crippen molar-refractivity contribution in [3.63, 3.8) is 0 Å².